The second-order valence-electron chi connectivity index (χ2n) is 8.84. The molecule has 0 aromatic heterocycles. The minimum absolute atomic E-state index is 0.0237. The number of amides is 2. The Kier molecular flexibility index (Phi) is 10.4. The van der Waals surface area contributed by atoms with Crippen molar-refractivity contribution in [2.45, 2.75) is 45.3 Å². The van der Waals surface area contributed by atoms with Crippen molar-refractivity contribution >= 4 is 11.8 Å². The maximum absolute atomic E-state index is 13.7. The van der Waals surface area contributed by atoms with Gasteiger partial charge in [0.1, 0.15) is 11.8 Å². The maximum Gasteiger partial charge on any atom is 0.261 e. The first kappa shape index (κ1) is 27.6. The van der Waals surface area contributed by atoms with Gasteiger partial charge in [-0.1, -0.05) is 61.5 Å². The molecule has 3 aromatic carbocycles. The lowest BCUT2D eigenvalue weighted by molar-refractivity contribution is -0.143. The summed E-state index contributed by atoms with van der Waals surface area (Å²) in [4.78, 5) is 28.9. The summed E-state index contributed by atoms with van der Waals surface area (Å²) in [6.07, 6.45) is 1.15. The summed E-state index contributed by atoms with van der Waals surface area (Å²) < 4.78 is 16.6. The highest BCUT2D eigenvalue weighted by Crippen LogP contribution is 2.26. The van der Waals surface area contributed by atoms with Gasteiger partial charge in [-0.3, -0.25) is 9.59 Å². The molecule has 0 aliphatic carbocycles. The van der Waals surface area contributed by atoms with E-state index in [0.717, 1.165) is 17.5 Å². The fourth-order valence-electron chi connectivity index (χ4n) is 3.92. The predicted octanol–water partition coefficient (Wildman–Crippen LogP) is 4.64. The van der Waals surface area contributed by atoms with Crippen LogP contribution in [0.2, 0.25) is 0 Å². The van der Waals surface area contributed by atoms with E-state index in [0.29, 0.717) is 23.7 Å². The van der Waals surface area contributed by atoms with Crippen LogP contribution in [-0.2, 0) is 22.6 Å². The molecule has 196 valence electrons. The number of nitrogens with one attached hydrogen (secondary N) is 1. The van der Waals surface area contributed by atoms with E-state index < -0.39 is 6.04 Å². The Morgan fingerprint density at radius 3 is 2.22 bits per heavy atom. The fraction of sp³-hybridized carbons (Fsp3) is 0.333. The molecule has 0 spiro atoms. The van der Waals surface area contributed by atoms with Crippen LogP contribution < -0.4 is 19.5 Å². The lowest BCUT2D eigenvalue weighted by Crippen LogP contribution is -2.53. The molecule has 7 heteroatoms. The normalized spacial score (nSPS) is 12.2. The molecule has 0 bridgehead atoms. The number of hydrogen-bond donors (Lipinski definition) is 1. The largest absolute Gasteiger partial charge is 0.497 e. The van der Waals surface area contributed by atoms with Crippen molar-refractivity contribution in [2.75, 3.05) is 20.8 Å². The summed E-state index contributed by atoms with van der Waals surface area (Å²) in [6, 6.07) is 23.6. The number of ether oxygens (including phenoxy) is 3. The van der Waals surface area contributed by atoms with Crippen LogP contribution in [0.1, 0.15) is 31.4 Å². The maximum atomic E-state index is 13.7. The van der Waals surface area contributed by atoms with Crippen LogP contribution in [-0.4, -0.2) is 49.6 Å². The van der Waals surface area contributed by atoms with Crippen LogP contribution in [0.3, 0.4) is 0 Å². The Hall–Kier alpha value is -4.00. The first-order valence-corrected chi connectivity index (χ1v) is 12.5. The van der Waals surface area contributed by atoms with Crippen molar-refractivity contribution in [1.82, 2.24) is 10.2 Å². The smallest absolute Gasteiger partial charge is 0.261 e. The van der Waals surface area contributed by atoms with Crippen molar-refractivity contribution < 1.29 is 23.8 Å². The third kappa shape index (κ3) is 8.00. The Morgan fingerprint density at radius 1 is 0.865 bits per heavy atom. The van der Waals surface area contributed by atoms with Crippen molar-refractivity contribution in [2.24, 2.45) is 0 Å². The summed E-state index contributed by atoms with van der Waals surface area (Å²) >= 11 is 0. The van der Waals surface area contributed by atoms with Gasteiger partial charge in [-0.15, -0.1) is 0 Å². The molecule has 37 heavy (non-hydrogen) atoms. The first-order valence-electron chi connectivity index (χ1n) is 12.5. The minimum Gasteiger partial charge on any atom is -0.497 e. The molecular formula is C30H36N2O5. The zero-order valence-corrected chi connectivity index (χ0v) is 22.0. The number of carbonyl (C=O) groups excluding carboxylic acids is 2. The van der Waals surface area contributed by atoms with E-state index in [1.807, 2.05) is 80.6 Å². The van der Waals surface area contributed by atoms with E-state index >= 15 is 0 Å². The monoisotopic (exact) mass is 504 g/mol. The molecular weight excluding hydrogens is 468 g/mol. The van der Waals surface area contributed by atoms with E-state index in [1.54, 1.807) is 31.3 Å². The summed E-state index contributed by atoms with van der Waals surface area (Å²) in [7, 11) is 3.15. The lowest BCUT2D eigenvalue weighted by Gasteiger charge is -2.32. The van der Waals surface area contributed by atoms with Crippen molar-refractivity contribution in [1.29, 1.82) is 0 Å². The van der Waals surface area contributed by atoms with Gasteiger partial charge >= 0.3 is 0 Å². The van der Waals surface area contributed by atoms with Crippen LogP contribution in [0.25, 0.3) is 0 Å². The average molecular weight is 505 g/mol. The average Bonchev–Trinajstić information content (AvgIpc) is 2.94. The van der Waals surface area contributed by atoms with Crippen LogP contribution in [0.15, 0.2) is 78.9 Å². The van der Waals surface area contributed by atoms with Crippen molar-refractivity contribution in [3.8, 4) is 17.2 Å². The molecule has 0 heterocycles. The Balaban J connectivity index is 1.94. The van der Waals surface area contributed by atoms with E-state index in [4.69, 9.17) is 14.2 Å². The Bertz CT molecular complexity index is 1150. The number of carbonyl (C=O) groups is 2. The summed E-state index contributed by atoms with van der Waals surface area (Å²) in [5, 5.41) is 3.07. The molecule has 7 nitrogen and oxygen atoms in total. The van der Waals surface area contributed by atoms with Crippen LogP contribution in [0.5, 0.6) is 17.2 Å². The van der Waals surface area contributed by atoms with Crippen molar-refractivity contribution in [3.05, 3.63) is 90.0 Å². The molecule has 3 aromatic rings. The third-order valence-corrected chi connectivity index (χ3v) is 6.18. The second-order valence-corrected chi connectivity index (χ2v) is 8.84. The highest BCUT2D eigenvalue weighted by atomic mass is 16.5. The van der Waals surface area contributed by atoms with Gasteiger partial charge in [-0.05, 0) is 48.7 Å². The standard InChI is InChI=1S/C30H36N2O5/c1-5-22(2)31-30(34)26(19-23-12-7-6-8-13-23)32(20-24-14-11-15-25(18-24)35-3)29(33)21-37-28-17-10-9-16-27(28)36-4/h6-18,22,26H,5,19-21H2,1-4H3,(H,31,34)/t22-,26+/m0/s1. The van der Waals surface area contributed by atoms with Crippen molar-refractivity contribution in [3.63, 3.8) is 0 Å². The Labute approximate surface area is 219 Å². The van der Waals surface area contributed by atoms with Gasteiger partial charge in [-0.25, -0.2) is 0 Å². The fourth-order valence-corrected chi connectivity index (χ4v) is 3.92. The van der Waals surface area contributed by atoms with Gasteiger partial charge in [0.15, 0.2) is 18.1 Å². The molecule has 3 rings (SSSR count). The second kappa shape index (κ2) is 13.9. The zero-order chi connectivity index (χ0) is 26.6. The molecule has 2 atom stereocenters. The molecule has 0 saturated heterocycles. The summed E-state index contributed by atoms with van der Waals surface area (Å²) in [6.45, 7) is 3.94. The summed E-state index contributed by atoms with van der Waals surface area (Å²) in [5.41, 5.74) is 1.81. The van der Waals surface area contributed by atoms with Crippen LogP contribution in [0.4, 0.5) is 0 Å². The molecule has 0 aliphatic rings. The van der Waals surface area contributed by atoms with E-state index in [2.05, 4.69) is 5.32 Å². The molecule has 0 aliphatic heterocycles. The number of para-hydroxylation sites is 2. The zero-order valence-electron chi connectivity index (χ0n) is 22.0. The van der Waals surface area contributed by atoms with E-state index in [9.17, 15) is 9.59 Å². The Morgan fingerprint density at radius 2 is 1.54 bits per heavy atom. The first-order chi connectivity index (χ1) is 17.9. The van der Waals surface area contributed by atoms with Gasteiger partial charge in [0, 0.05) is 19.0 Å². The van der Waals surface area contributed by atoms with Gasteiger partial charge in [0.25, 0.3) is 5.91 Å². The number of nitrogens with zero attached hydrogens (tertiary/aromatic N) is 1. The van der Waals surface area contributed by atoms with E-state index in [-0.39, 0.29) is 31.0 Å². The molecule has 0 saturated carbocycles. The number of methoxy groups -OCH3 is 2. The van der Waals surface area contributed by atoms with Gasteiger partial charge in [-0.2, -0.15) is 0 Å². The molecule has 1 N–H and O–H groups in total. The molecule has 0 fully saturated rings. The van der Waals surface area contributed by atoms with Gasteiger partial charge in [0.2, 0.25) is 5.91 Å². The molecule has 0 radical (unpaired) electrons. The van der Waals surface area contributed by atoms with Gasteiger partial charge in [0.05, 0.1) is 14.2 Å². The molecule has 0 unspecified atom stereocenters. The number of rotatable bonds is 13. The number of hydrogen-bond acceptors (Lipinski definition) is 5. The van der Waals surface area contributed by atoms with E-state index in [1.165, 1.54) is 0 Å². The third-order valence-electron chi connectivity index (χ3n) is 6.18. The highest BCUT2D eigenvalue weighted by molar-refractivity contribution is 5.88. The predicted molar refractivity (Wildman–Crippen MR) is 144 cm³/mol. The van der Waals surface area contributed by atoms with Gasteiger partial charge < -0.3 is 24.4 Å². The lowest BCUT2D eigenvalue weighted by atomic mass is 10.0. The highest BCUT2D eigenvalue weighted by Gasteiger charge is 2.31. The van der Waals surface area contributed by atoms with Crippen LogP contribution in [0, 0.1) is 0 Å². The topological polar surface area (TPSA) is 77.1 Å². The summed E-state index contributed by atoms with van der Waals surface area (Å²) in [5.74, 6) is 1.16. The molecule has 2 amide bonds. The SMILES string of the molecule is CC[C@H](C)NC(=O)[C@@H](Cc1ccccc1)N(Cc1cccc(OC)c1)C(=O)COc1ccccc1OC. The quantitative estimate of drug-likeness (QED) is 0.367. The van der Waals surface area contributed by atoms with Crippen LogP contribution >= 0.6 is 0 Å². The number of benzene rings is 3. The minimum atomic E-state index is -0.739.